The first kappa shape index (κ1) is 18.4. The molecule has 0 radical (unpaired) electrons. The van der Waals surface area contributed by atoms with Crippen LogP contribution in [0.4, 0.5) is 0 Å². The Hall–Kier alpha value is -2.37. The molecule has 5 nitrogen and oxygen atoms in total. The van der Waals surface area contributed by atoms with Gasteiger partial charge in [-0.2, -0.15) is 0 Å². The second-order valence-electron chi connectivity index (χ2n) is 6.57. The number of hydrogen-bond acceptors (Lipinski definition) is 4. The van der Waals surface area contributed by atoms with E-state index in [-0.39, 0.29) is 5.91 Å². The van der Waals surface area contributed by atoms with Gasteiger partial charge in [-0.25, -0.2) is 0 Å². The molecule has 1 heterocycles. The van der Waals surface area contributed by atoms with Crippen molar-refractivity contribution in [1.82, 2.24) is 10.2 Å². The maximum Gasteiger partial charge on any atom is 0.251 e. The van der Waals surface area contributed by atoms with Crippen LogP contribution in [0.25, 0.3) is 0 Å². The molecule has 1 fully saturated rings. The van der Waals surface area contributed by atoms with Crippen LogP contribution in [0.2, 0.25) is 0 Å². The highest BCUT2D eigenvalue weighted by Crippen LogP contribution is 2.18. The molecular formula is C21H26N2O3. The van der Waals surface area contributed by atoms with Gasteiger partial charge in [-0.15, -0.1) is 0 Å². The van der Waals surface area contributed by atoms with Crippen LogP contribution in [0.3, 0.4) is 0 Å². The third kappa shape index (κ3) is 4.84. The SMILES string of the molecule is COc1ccc(C(=O)NCc2ccc(CN3CCOCC3)cc2)cc1C. The second-order valence-corrected chi connectivity index (χ2v) is 6.57. The van der Waals surface area contributed by atoms with E-state index in [0.29, 0.717) is 12.1 Å². The number of ether oxygens (including phenoxy) is 2. The van der Waals surface area contributed by atoms with E-state index in [2.05, 4.69) is 34.5 Å². The first-order chi connectivity index (χ1) is 12.7. The molecule has 0 atom stereocenters. The van der Waals surface area contributed by atoms with E-state index in [9.17, 15) is 4.79 Å². The molecule has 2 aromatic rings. The fourth-order valence-corrected chi connectivity index (χ4v) is 3.08. The Kier molecular flexibility index (Phi) is 6.26. The zero-order chi connectivity index (χ0) is 18.4. The van der Waals surface area contributed by atoms with Crippen molar-refractivity contribution in [3.05, 3.63) is 64.7 Å². The van der Waals surface area contributed by atoms with Crippen LogP contribution in [-0.2, 0) is 17.8 Å². The van der Waals surface area contributed by atoms with Gasteiger partial charge in [0.1, 0.15) is 5.75 Å². The van der Waals surface area contributed by atoms with Gasteiger partial charge in [-0.1, -0.05) is 24.3 Å². The van der Waals surface area contributed by atoms with Crippen LogP contribution in [-0.4, -0.2) is 44.2 Å². The molecule has 1 saturated heterocycles. The number of methoxy groups -OCH3 is 1. The molecule has 3 rings (SSSR count). The summed E-state index contributed by atoms with van der Waals surface area (Å²) in [6.07, 6.45) is 0. The van der Waals surface area contributed by atoms with Gasteiger partial charge >= 0.3 is 0 Å². The van der Waals surface area contributed by atoms with Crippen molar-refractivity contribution in [3.8, 4) is 5.75 Å². The molecule has 1 amide bonds. The zero-order valence-corrected chi connectivity index (χ0v) is 15.5. The molecule has 2 aromatic carbocycles. The number of aryl methyl sites for hydroxylation is 1. The number of morpholine rings is 1. The summed E-state index contributed by atoms with van der Waals surface area (Å²) in [5, 5.41) is 2.97. The van der Waals surface area contributed by atoms with E-state index in [1.54, 1.807) is 13.2 Å². The summed E-state index contributed by atoms with van der Waals surface area (Å²) in [6, 6.07) is 13.9. The Balaban J connectivity index is 1.52. The summed E-state index contributed by atoms with van der Waals surface area (Å²) in [5.74, 6) is 0.713. The second kappa shape index (κ2) is 8.83. The first-order valence-corrected chi connectivity index (χ1v) is 8.96. The minimum absolute atomic E-state index is 0.0758. The van der Waals surface area contributed by atoms with Gasteiger partial charge in [0.05, 0.1) is 20.3 Å². The summed E-state index contributed by atoms with van der Waals surface area (Å²) < 4.78 is 10.6. The lowest BCUT2D eigenvalue weighted by Gasteiger charge is -2.26. The van der Waals surface area contributed by atoms with Crippen molar-refractivity contribution in [2.45, 2.75) is 20.0 Å². The number of carbonyl (C=O) groups excluding carboxylic acids is 1. The monoisotopic (exact) mass is 354 g/mol. The molecule has 0 aromatic heterocycles. The molecule has 0 saturated carbocycles. The number of rotatable bonds is 6. The van der Waals surface area contributed by atoms with E-state index in [1.807, 2.05) is 19.1 Å². The molecule has 1 aliphatic heterocycles. The van der Waals surface area contributed by atoms with Crippen LogP contribution in [0.1, 0.15) is 27.0 Å². The summed E-state index contributed by atoms with van der Waals surface area (Å²) in [7, 11) is 1.63. The number of nitrogens with one attached hydrogen (secondary N) is 1. The van der Waals surface area contributed by atoms with E-state index in [4.69, 9.17) is 9.47 Å². The standard InChI is InChI=1S/C21H26N2O3/c1-16-13-19(7-8-20(16)25-2)21(24)22-14-17-3-5-18(6-4-17)15-23-9-11-26-12-10-23/h3-8,13H,9-12,14-15H2,1-2H3,(H,22,24). The van der Waals surface area contributed by atoms with Gasteiger partial charge in [0.2, 0.25) is 0 Å². The molecule has 1 aliphatic rings. The molecule has 0 unspecified atom stereocenters. The Morgan fingerprint density at radius 3 is 2.46 bits per heavy atom. The minimum atomic E-state index is -0.0758. The highest BCUT2D eigenvalue weighted by atomic mass is 16.5. The van der Waals surface area contributed by atoms with Crippen LogP contribution in [0, 0.1) is 6.92 Å². The average Bonchev–Trinajstić information content (AvgIpc) is 2.68. The lowest BCUT2D eigenvalue weighted by atomic mass is 10.1. The van der Waals surface area contributed by atoms with Gasteiger partial charge < -0.3 is 14.8 Å². The van der Waals surface area contributed by atoms with E-state index in [0.717, 1.165) is 49.7 Å². The van der Waals surface area contributed by atoms with Crippen LogP contribution in [0.5, 0.6) is 5.75 Å². The smallest absolute Gasteiger partial charge is 0.251 e. The molecule has 5 heteroatoms. The highest BCUT2D eigenvalue weighted by molar-refractivity contribution is 5.94. The Morgan fingerprint density at radius 1 is 1.12 bits per heavy atom. The van der Waals surface area contributed by atoms with E-state index < -0.39 is 0 Å². The van der Waals surface area contributed by atoms with Crippen LogP contribution in [0.15, 0.2) is 42.5 Å². The Labute approximate surface area is 154 Å². The number of nitrogens with zero attached hydrogens (tertiary/aromatic N) is 1. The highest BCUT2D eigenvalue weighted by Gasteiger charge is 2.11. The molecule has 0 bridgehead atoms. The van der Waals surface area contributed by atoms with Crippen molar-refractivity contribution in [2.75, 3.05) is 33.4 Å². The maximum atomic E-state index is 12.3. The summed E-state index contributed by atoms with van der Waals surface area (Å²) in [4.78, 5) is 14.7. The largest absolute Gasteiger partial charge is 0.496 e. The predicted octanol–water partition coefficient (Wildman–Crippen LogP) is 2.77. The molecule has 1 N–H and O–H groups in total. The molecule has 138 valence electrons. The van der Waals surface area contributed by atoms with Gasteiger partial charge in [0, 0.05) is 31.7 Å². The topological polar surface area (TPSA) is 50.8 Å². The first-order valence-electron chi connectivity index (χ1n) is 8.96. The minimum Gasteiger partial charge on any atom is -0.496 e. The van der Waals surface area contributed by atoms with Crippen molar-refractivity contribution < 1.29 is 14.3 Å². The summed E-state index contributed by atoms with van der Waals surface area (Å²) in [6.45, 7) is 6.99. The third-order valence-corrected chi connectivity index (χ3v) is 4.64. The molecule has 0 aliphatic carbocycles. The van der Waals surface area contributed by atoms with Crippen LogP contribution >= 0.6 is 0 Å². The predicted molar refractivity (Wildman–Crippen MR) is 101 cm³/mol. The van der Waals surface area contributed by atoms with Gasteiger partial charge in [0.25, 0.3) is 5.91 Å². The Morgan fingerprint density at radius 2 is 1.81 bits per heavy atom. The number of hydrogen-bond donors (Lipinski definition) is 1. The third-order valence-electron chi connectivity index (χ3n) is 4.64. The number of benzene rings is 2. The van der Waals surface area contributed by atoms with Crippen LogP contribution < -0.4 is 10.1 Å². The average molecular weight is 354 g/mol. The fourth-order valence-electron chi connectivity index (χ4n) is 3.08. The Bertz CT molecular complexity index is 737. The van der Waals surface area contributed by atoms with E-state index in [1.165, 1.54) is 5.56 Å². The summed E-state index contributed by atoms with van der Waals surface area (Å²) in [5.41, 5.74) is 3.97. The number of carbonyl (C=O) groups is 1. The molecular weight excluding hydrogens is 328 g/mol. The van der Waals surface area contributed by atoms with Gasteiger partial charge in [0.15, 0.2) is 0 Å². The zero-order valence-electron chi connectivity index (χ0n) is 15.5. The lowest BCUT2D eigenvalue weighted by Crippen LogP contribution is -2.35. The summed E-state index contributed by atoms with van der Waals surface area (Å²) >= 11 is 0. The lowest BCUT2D eigenvalue weighted by molar-refractivity contribution is 0.0342. The van der Waals surface area contributed by atoms with Crippen molar-refractivity contribution >= 4 is 5.91 Å². The van der Waals surface area contributed by atoms with Crippen molar-refractivity contribution in [3.63, 3.8) is 0 Å². The van der Waals surface area contributed by atoms with Gasteiger partial charge in [-0.05, 0) is 41.8 Å². The van der Waals surface area contributed by atoms with Gasteiger partial charge in [-0.3, -0.25) is 9.69 Å². The van der Waals surface area contributed by atoms with Crippen molar-refractivity contribution in [1.29, 1.82) is 0 Å². The molecule has 0 spiro atoms. The number of amides is 1. The van der Waals surface area contributed by atoms with E-state index >= 15 is 0 Å². The quantitative estimate of drug-likeness (QED) is 0.867. The normalized spacial score (nSPS) is 14.8. The molecule has 26 heavy (non-hydrogen) atoms. The fraction of sp³-hybridized carbons (Fsp3) is 0.381. The maximum absolute atomic E-state index is 12.3. The van der Waals surface area contributed by atoms with Crippen molar-refractivity contribution in [2.24, 2.45) is 0 Å².